The first-order valence-electron chi connectivity index (χ1n) is 8.48. The number of piperidine rings is 1. The van der Waals surface area contributed by atoms with Crippen molar-refractivity contribution < 1.29 is 14.2 Å². The Bertz CT molecular complexity index is 421. The van der Waals surface area contributed by atoms with Crippen LogP contribution in [0.1, 0.15) is 24.8 Å². The third kappa shape index (κ3) is 4.53. The van der Waals surface area contributed by atoms with Crippen molar-refractivity contribution in [3.05, 3.63) is 35.9 Å². The zero-order chi connectivity index (χ0) is 15.1. The highest BCUT2D eigenvalue weighted by atomic mass is 16.7. The molecule has 4 heteroatoms. The normalized spacial score (nSPS) is 21.5. The average molecular weight is 305 g/mol. The molecule has 2 fully saturated rings. The molecule has 1 spiro atoms. The maximum absolute atomic E-state index is 5.76. The lowest BCUT2D eigenvalue weighted by Gasteiger charge is -2.37. The van der Waals surface area contributed by atoms with Gasteiger partial charge in [0.2, 0.25) is 0 Å². The zero-order valence-electron chi connectivity index (χ0n) is 13.3. The van der Waals surface area contributed by atoms with Crippen LogP contribution in [0.2, 0.25) is 0 Å². The number of rotatable bonds is 7. The summed E-state index contributed by atoms with van der Waals surface area (Å²) in [7, 11) is 0. The summed E-state index contributed by atoms with van der Waals surface area (Å²) in [5, 5.41) is 0. The minimum Gasteiger partial charge on any atom is -0.381 e. The monoisotopic (exact) mass is 305 g/mol. The lowest BCUT2D eigenvalue weighted by molar-refractivity contribution is -0.185. The highest BCUT2D eigenvalue weighted by molar-refractivity contribution is 5.14. The average Bonchev–Trinajstić information content (AvgIpc) is 3.02. The molecule has 0 saturated carbocycles. The van der Waals surface area contributed by atoms with Crippen LogP contribution < -0.4 is 0 Å². The summed E-state index contributed by atoms with van der Waals surface area (Å²) in [5.74, 6) is -0.247. The first-order chi connectivity index (χ1) is 10.9. The fourth-order valence-corrected chi connectivity index (χ4v) is 3.23. The summed E-state index contributed by atoms with van der Waals surface area (Å²) in [5.41, 5.74) is 1.35. The van der Waals surface area contributed by atoms with E-state index in [-0.39, 0.29) is 5.79 Å². The second-order valence-corrected chi connectivity index (χ2v) is 6.15. The van der Waals surface area contributed by atoms with Gasteiger partial charge in [0, 0.05) is 39.1 Å². The predicted octanol–water partition coefficient (Wildman–Crippen LogP) is 2.47. The smallest absolute Gasteiger partial charge is 0.170 e. The SMILES string of the molecule is c1ccc(CCOCCCN2CCC3(CC2)OCCO3)cc1. The van der Waals surface area contributed by atoms with E-state index in [0.717, 1.165) is 71.7 Å². The van der Waals surface area contributed by atoms with E-state index in [1.54, 1.807) is 0 Å². The van der Waals surface area contributed by atoms with Gasteiger partial charge in [0.15, 0.2) is 5.79 Å². The third-order valence-corrected chi connectivity index (χ3v) is 4.57. The summed E-state index contributed by atoms with van der Waals surface area (Å²) in [4.78, 5) is 2.50. The summed E-state index contributed by atoms with van der Waals surface area (Å²) in [6.07, 6.45) is 4.11. The van der Waals surface area contributed by atoms with E-state index >= 15 is 0 Å². The Hall–Kier alpha value is -0.940. The van der Waals surface area contributed by atoms with Gasteiger partial charge in [0.1, 0.15) is 0 Å². The number of hydrogen-bond donors (Lipinski definition) is 0. The molecular weight excluding hydrogens is 278 g/mol. The molecule has 1 aromatic rings. The molecule has 1 aromatic carbocycles. The van der Waals surface area contributed by atoms with Gasteiger partial charge in [-0.15, -0.1) is 0 Å². The molecule has 122 valence electrons. The number of likely N-dealkylation sites (tertiary alicyclic amines) is 1. The van der Waals surface area contributed by atoms with Gasteiger partial charge < -0.3 is 19.1 Å². The molecule has 2 heterocycles. The van der Waals surface area contributed by atoms with Crippen LogP contribution >= 0.6 is 0 Å². The molecule has 0 N–H and O–H groups in total. The molecule has 0 amide bonds. The fourth-order valence-electron chi connectivity index (χ4n) is 3.23. The molecule has 4 nitrogen and oxygen atoms in total. The van der Waals surface area contributed by atoms with Crippen molar-refractivity contribution in [1.82, 2.24) is 4.90 Å². The Morgan fingerprint density at radius 3 is 2.45 bits per heavy atom. The highest BCUT2D eigenvalue weighted by Crippen LogP contribution is 2.31. The van der Waals surface area contributed by atoms with Crippen LogP contribution in [0.25, 0.3) is 0 Å². The van der Waals surface area contributed by atoms with Gasteiger partial charge in [0.05, 0.1) is 19.8 Å². The molecular formula is C18H27NO3. The number of nitrogens with zero attached hydrogens (tertiary/aromatic N) is 1. The molecule has 0 bridgehead atoms. The van der Waals surface area contributed by atoms with Crippen molar-refractivity contribution in [2.75, 3.05) is 46.1 Å². The molecule has 0 aliphatic carbocycles. The molecule has 0 aromatic heterocycles. The van der Waals surface area contributed by atoms with Crippen LogP contribution in [-0.4, -0.2) is 56.7 Å². The third-order valence-electron chi connectivity index (χ3n) is 4.57. The largest absolute Gasteiger partial charge is 0.381 e. The minimum atomic E-state index is -0.247. The summed E-state index contributed by atoms with van der Waals surface area (Å²) in [6, 6.07) is 10.5. The van der Waals surface area contributed by atoms with Crippen LogP contribution in [0.3, 0.4) is 0 Å². The molecule has 3 rings (SSSR count). The summed E-state index contributed by atoms with van der Waals surface area (Å²) >= 11 is 0. The molecule has 2 saturated heterocycles. The van der Waals surface area contributed by atoms with Crippen LogP contribution in [-0.2, 0) is 20.6 Å². The maximum Gasteiger partial charge on any atom is 0.170 e. The minimum absolute atomic E-state index is 0.247. The van der Waals surface area contributed by atoms with Gasteiger partial charge in [0.25, 0.3) is 0 Å². The van der Waals surface area contributed by atoms with Gasteiger partial charge >= 0.3 is 0 Å². The second kappa shape index (κ2) is 8.06. The Morgan fingerprint density at radius 2 is 1.73 bits per heavy atom. The standard InChI is InChI=1S/C18H27NO3/c1-2-5-17(6-3-1)7-14-20-13-4-10-19-11-8-18(9-12-19)21-15-16-22-18/h1-3,5-6H,4,7-16H2. The quantitative estimate of drug-likeness (QED) is 0.724. The van der Waals surface area contributed by atoms with Gasteiger partial charge in [-0.05, 0) is 18.4 Å². The predicted molar refractivity (Wildman–Crippen MR) is 85.9 cm³/mol. The van der Waals surface area contributed by atoms with Crippen LogP contribution in [0.15, 0.2) is 30.3 Å². The number of benzene rings is 1. The second-order valence-electron chi connectivity index (χ2n) is 6.15. The van der Waals surface area contributed by atoms with Crippen molar-refractivity contribution in [1.29, 1.82) is 0 Å². The van der Waals surface area contributed by atoms with Crippen molar-refractivity contribution in [3.8, 4) is 0 Å². The van der Waals surface area contributed by atoms with Gasteiger partial charge in [-0.25, -0.2) is 0 Å². The molecule has 2 aliphatic rings. The Morgan fingerprint density at radius 1 is 1.00 bits per heavy atom. The van der Waals surface area contributed by atoms with Gasteiger partial charge in [-0.2, -0.15) is 0 Å². The molecule has 0 atom stereocenters. The van der Waals surface area contributed by atoms with E-state index in [2.05, 4.69) is 35.2 Å². The number of ether oxygens (including phenoxy) is 3. The first-order valence-corrected chi connectivity index (χ1v) is 8.48. The Balaban J connectivity index is 1.22. The summed E-state index contributed by atoms with van der Waals surface area (Å²) in [6.45, 7) is 6.44. The van der Waals surface area contributed by atoms with Gasteiger partial charge in [-0.3, -0.25) is 0 Å². The lowest BCUT2D eigenvalue weighted by Crippen LogP contribution is -2.45. The number of hydrogen-bond acceptors (Lipinski definition) is 4. The fraction of sp³-hybridized carbons (Fsp3) is 0.667. The Labute approximate surface area is 133 Å². The van der Waals surface area contributed by atoms with E-state index in [9.17, 15) is 0 Å². The molecule has 22 heavy (non-hydrogen) atoms. The van der Waals surface area contributed by atoms with Crippen LogP contribution in [0, 0.1) is 0 Å². The van der Waals surface area contributed by atoms with Crippen molar-refractivity contribution in [2.24, 2.45) is 0 Å². The van der Waals surface area contributed by atoms with Crippen LogP contribution in [0.4, 0.5) is 0 Å². The van der Waals surface area contributed by atoms with E-state index in [0.29, 0.717) is 0 Å². The van der Waals surface area contributed by atoms with E-state index in [1.807, 2.05) is 0 Å². The molecule has 2 aliphatic heterocycles. The lowest BCUT2D eigenvalue weighted by atomic mass is 10.0. The van der Waals surface area contributed by atoms with Crippen molar-refractivity contribution in [2.45, 2.75) is 31.5 Å². The van der Waals surface area contributed by atoms with Crippen molar-refractivity contribution in [3.63, 3.8) is 0 Å². The van der Waals surface area contributed by atoms with E-state index in [1.165, 1.54) is 5.56 Å². The Kier molecular flexibility index (Phi) is 5.84. The highest BCUT2D eigenvalue weighted by Gasteiger charge is 2.39. The topological polar surface area (TPSA) is 30.9 Å². The first kappa shape index (κ1) is 15.9. The van der Waals surface area contributed by atoms with Gasteiger partial charge in [-0.1, -0.05) is 30.3 Å². The summed E-state index contributed by atoms with van der Waals surface area (Å²) < 4.78 is 17.3. The molecule has 0 radical (unpaired) electrons. The zero-order valence-corrected chi connectivity index (χ0v) is 13.3. The molecule has 0 unspecified atom stereocenters. The van der Waals surface area contributed by atoms with Crippen molar-refractivity contribution >= 4 is 0 Å². The van der Waals surface area contributed by atoms with Crippen LogP contribution in [0.5, 0.6) is 0 Å². The van der Waals surface area contributed by atoms with E-state index < -0.39 is 0 Å². The van der Waals surface area contributed by atoms with E-state index in [4.69, 9.17) is 14.2 Å². The maximum atomic E-state index is 5.76.